The zero-order valence-corrected chi connectivity index (χ0v) is 22.8. The van der Waals surface area contributed by atoms with Gasteiger partial charge in [-0.15, -0.1) is 0 Å². The number of rotatable bonds is 6. The molecule has 0 bridgehead atoms. The van der Waals surface area contributed by atoms with Crippen LogP contribution in [0.4, 0.5) is 14.9 Å². The van der Waals surface area contributed by atoms with Gasteiger partial charge in [-0.25, -0.2) is 4.39 Å². The lowest BCUT2D eigenvalue weighted by atomic mass is 10.1. The van der Waals surface area contributed by atoms with Crippen LogP contribution in [0.25, 0.3) is 17.0 Å². The Hall–Kier alpha value is -3.15. The number of carbonyl (C=O) groups excluding carboxylic acids is 3. The molecule has 2 heterocycles. The molecule has 0 unspecified atom stereocenters. The summed E-state index contributed by atoms with van der Waals surface area (Å²) in [5.74, 6) is -1.39. The van der Waals surface area contributed by atoms with Gasteiger partial charge < -0.3 is 9.88 Å². The van der Waals surface area contributed by atoms with Crippen LogP contribution in [-0.4, -0.2) is 33.1 Å². The number of hydrogen-bond acceptors (Lipinski definition) is 4. The monoisotopic (exact) mass is 645 g/mol. The summed E-state index contributed by atoms with van der Waals surface area (Å²) in [6.45, 7) is 0.0203. The summed E-state index contributed by atoms with van der Waals surface area (Å²) >= 11 is 9.20. The summed E-state index contributed by atoms with van der Waals surface area (Å²) in [6, 6.07) is 19.1. The summed E-state index contributed by atoms with van der Waals surface area (Å²) in [7, 11) is 0. The third-order valence-electron chi connectivity index (χ3n) is 5.77. The Morgan fingerprint density at radius 3 is 2.59 bits per heavy atom. The molecule has 1 N–H and O–H groups in total. The molecule has 186 valence electrons. The first-order chi connectivity index (χ1) is 17.8. The minimum atomic E-state index is -0.522. The first-order valence-corrected chi connectivity index (χ1v) is 13.4. The first kappa shape index (κ1) is 25.5. The molecule has 1 fully saturated rings. The van der Waals surface area contributed by atoms with Crippen LogP contribution < -0.4 is 5.32 Å². The summed E-state index contributed by atoms with van der Waals surface area (Å²) in [5.41, 5.74) is 2.96. The van der Waals surface area contributed by atoms with E-state index in [4.69, 9.17) is 11.6 Å². The molecule has 6 nitrogen and oxygen atoms in total. The molecule has 37 heavy (non-hydrogen) atoms. The average molecular weight is 646 g/mol. The number of halogens is 3. The van der Waals surface area contributed by atoms with Crippen molar-refractivity contribution < 1.29 is 18.8 Å². The second-order valence-corrected chi connectivity index (χ2v) is 10.9. The molecule has 0 spiro atoms. The van der Waals surface area contributed by atoms with E-state index in [1.54, 1.807) is 24.3 Å². The Labute approximate surface area is 234 Å². The van der Waals surface area contributed by atoms with Gasteiger partial charge in [-0.05, 0) is 88.5 Å². The number of imide groups is 1. The van der Waals surface area contributed by atoms with Crippen molar-refractivity contribution in [1.82, 2.24) is 9.47 Å². The van der Waals surface area contributed by atoms with E-state index in [1.807, 2.05) is 47.2 Å². The third kappa shape index (κ3) is 5.58. The molecule has 0 radical (unpaired) electrons. The number of hydrogen-bond donors (Lipinski definition) is 1. The van der Waals surface area contributed by atoms with Gasteiger partial charge in [0.15, 0.2) is 0 Å². The molecule has 0 atom stereocenters. The highest BCUT2D eigenvalue weighted by atomic mass is 127. The Balaban J connectivity index is 1.38. The third-order valence-corrected chi connectivity index (χ3v) is 7.74. The number of nitrogens with zero attached hydrogens (tertiary/aromatic N) is 2. The predicted molar refractivity (Wildman–Crippen MR) is 153 cm³/mol. The zero-order chi connectivity index (χ0) is 26.1. The minimum absolute atomic E-state index is 0.231. The van der Waals surface area contributed by atoms with Gasteiger partial charge in [0.2, 0.25) is 5.91 Å². The largest absolute Gasteiger partial charge is 0.342 e. The molecular formula is C27H18ClFIN3O3S. The number of benzene rings is 3. The number of amides is 3. The lowest BCUT2D eigenvalue weighted by Gasteiger charge is -2.12. The van der Waals surface area contributed by atoms with Gasteiger partial charge in [-0.2, -0.15) is 0 Å². The van der Waals surface area contributed by atoms with Crippen LogP contribution in [0.15, 0.2) is 77.8 Å². The molecule has 1 aromatic heterocycles. The number of thioether (sulfide) groups is 1. The fraction of sp³-hybridized carbons (Fsp3) is 0.0741. The standard InChI is InChI=1S/C27H18ClFIN3O3S/c28-22-12-18(29)6-5-16(22)13-32-14-17(21-3-1-2-4-23(21)32)11-24-26(35)33(27(36)37-24)15-25(34)31-20-9-7-19(30)8-10-20/h1-12,14H,13,15H2,(H,31,34)/b24-11-. The number of carbonyl (C=O) groups is 3. The molecular weight excluding hydrogens is 628 g/mol. The van der Waals surface area contributed by atoms with Crippen LogP contribution in [0, 0.1) is 9.39 Å². The highest BCUT2D eigenvalue weighted by molar-refractivity contribution is 14.1. The second-order valence-electron chi connectivity index (χ2n) is 8.29. The molecule has 0 saturated carbocycles. The van der Waals surface area contributed by atoms with E-state index in [9.17, 15) is 18.8 Å². The van der Waals surface area contributed by atoms with Crippen molar-refractivity contribution in [2.75, 3.05) is 11.9 Å². The zero-order valence-electron chi connectivity index (χ0n) is 19.1. The van der Waals surface area contributed by atoms with Crippen LogP contribution >= 0.6 is 46.0 Å². The topological polar surface area (TPSA) is 71.4 Å². The van der Waals surface area contributed by atoms with Crippen molar-refractivity contribution in [2.45, 2.75) is 6.54 Å². The van der Waals surface area contributed by atoms with E-state index >= 15 is 0 Å². The van der Waals surface area contributed by atoms with Gasteiger partial charge >= 0.3 is 0 Å². The molecule has 5 rings (SSSR count). The van der Waals surface area contributed by atoms with Gasteiger partial charge in [0.05, 0.1) is 4.91 Å². The van der Waals surface area contributed by atoms with E-state index < -0.39 is 22.9 Å². The van der Waals surface area contributed by atoms with Crippen LogP contribution in [-0.2, 0) is 16.1 Å². The Kier molecular flexibility index (Phi) is 7.36. The first-order valence-electron chi connectivity index (χ1n) is 11.1. The van der Waals surface area contributed by atoms with Crippen LogP contribution in [0.2, 0.25) is 5.02 Å². The minimum Gasteiger partial charge on any atom is -0.342 e. The molecule has 1 saturated heterocycles. The van der Waals surface area contributed by atoms with Gasteiger partial charge in [0, 0.05) is 43.5 Å². The fourth-order valence-electron chi connectivity index (χ4n) is 4.01. The average Bonchev–Trinajstić information content (AvgIpc) is 3.34. The normalized spacial score (nSPS) is 14.7. The maximum absolute atomic E-state index is 13.5. The molecule has 0 aliphatic carbocycles. The SMILES string of the molecule is O=C(CN1C(=O)S/C(=C\c2cn(Cc3ccc(F)cc3Cl)c3ccccc23)C1=O)Nc1ccc(I)cc1. The van der Waals surface area contributed by atoms with Crippen LogP contribution in [0.3, 0.4) is 0 Å². The van der Waals surface area contributed by atoms with Crippen molar-refractivity contribution in [3.05, 3.63) is 103 Å². The number of aromatic nitrogens is 1. The van der Waals surface area contributed by atoms with E-state index in [2.05, 4.69) is 27.9 Å². The highest BCUT2D eigenvalue weighted by Crippen LogP contribution is 2.34. The van der Waals surface area contributed by atoms with Crippen LogP contribution in [0.5, 0.6) is 0 Å². The second kappa shape index (κ2) is 10.7. The summed E-state index contributed by atoms with van der Waals surface area (Å²) in [6.07, 6.45) is 3.52. The van der Waals surface area contributed by atoms with Crippen molar-refractivity contribution in [3.63, 3.8) is 0 Å². The Morgan fingerprint density at radius 2 is 1.84 bits per heavy atom. The quantitative estimate of drug-likeness (QED) is 0.186. The van der Waals surface area contributed by atoms with Crippen molar-refractivity contribution in [1.29, 1.82) is 0 Å². The Morgan fingerprint density at radius 1 is 1.08 bits per heavy atom. The summed E-state index contributed by atoms with van der Waals surface area (Å²) < 4.78 is 16.5. The molecule has 4 aromatic rings. The van der Waals surface area contributed by atoms with Gasteiger partial charge in [0.25, 0.3) is 11.1 Å². The Bertz CT molecular complexity index is 1590. The highest BCUT2D eigenvalue weighted by Gasteiger charge is 2.36. The van der Waals surface area contributed by atoms with E-state index in [0.717, 1.165) is 42.3 Å². The van der Waals surface area contributed by atoms with Gasteiger partial charge in [0.1, 0.15) is 12.4 Å². The molecule has 10 heteroatoms. The number of fused-ring (bicyclic) bond motifs is 1. The fourth-order valence-corrected chi connectivity index (χ4v) is 5.43. The maximum atomic E-state index is 13.5. The van der Waals surface area contributed by atoms with Crippen molar-refractivity contribution >= 4 is 85.7 Å². The van der Waals surface area contributed by atoms with Crippen LogP contribution in [0.1, 0.15) is 11.1 Å². The lowest BCUT2D eigenvalue weighted by molar-refractivity contribution is -0.127. The van der Waals surface area contributed by atoms with E-state index in [1.165, 1.54) is 12.1 Å². The number of anilines is 1. The predicted octanol–water partition coefficient (Wildman–Crippen LogP) is 6.76. The molecule has 3 aromatic carbocycles. The number of nitrogens with one attached hydrogen (secondary N) is 1. The smallest absolute Gasteiger partial charge is 0.294 e. The summed E-state index contributed by atoms with van der Waals surface area (Å²) in [5, 5.41) is 3.40. The van der Waals surface area contributed by atoms with Crippen molar-refractivity contribution in [3.8, 4) is 0 Å². The van der Waals surface area contributed by atoms with Gasteiger partial charge in [-0.1, -0.05) is 35.9 Å². The molecule has 1 aliphatic rings. The van der Waals surface area contributed by atoms with Gasteiger partial charge in [-0.3, -0.25) is 19.3 Å². The number of para-hydroxylation sites is 1. The summed E-state index contributed by atoms with van der Waals surface area (Å²) in [4.78, 5) is 39.3. The molecule has 1 aliphatic heterocycles. The molecule has 3 amide bonds. The van der Waals surface area contributed by atoms with E-state index in [0.29, 0.717) is 17.3 Å². The van der Waals surface area contributed by atoms with E-state index in [-0.39, 0.29) is 11.4 Å². The lowest BCUT2D eigenvalue weighted by Crippen LogP contribution is -2.36. The maximum Gasteiger partial charge on any atom is 0.294 e. The van der Waals surface area contributed by atoms with Crippen molar-refractivity contribution in [2.24, 2.45) is 0 Å².